The number of ketones is 1. The molecule has 23 heteroatoms. The summed E-state index contributed by atoms with van der Waals surface area (Å²) in [5.41, 5.74) is -0.921. The molecular formula is C57H91N7O14S2. The lowest BCUT2D eigenvalue weighted by molar-refractivity contribution is -0.121. The second kappa shape index (κ2) is 26.8. The Balaban J connectivity index is 0.000000178. The van der Waals surface area contributed by atoms with Gasteiger partial charge in [0.2, 0.25) is 20.0 Å². The fourth-order valence-electron chi connectivity index (χ4n) is 10.4. The van der Waals surface area contributed by atoms with Crippen LogP contribution in [0.25, 0.3) is 0 Å². The summed E-state index contributed by atoms with van der Waals surface area (Å²) in [6.45, 7) is 28.8. The van der Waals surface area contributed by atoms with Gasteiger partial charge in [-0.3, -0.25) is 10.1 Å². The van der Waals surface area contributed by atoms with E-state index in [4.69, 9.17) is 28.4 Å². The Morgan fingerprint density at radius 2 is 0.863 bits per heavy atom. The molecule has 7 heterocycles. The molecule has 0 radical (unpaired) electrons. The average Bonchev–Trinajstić information content (AvgIpc) is 4.16. The van der Waals surface area contributed by atoms with Crippen molar-refractivity contribution in [2.45, 2.75) is 184 Å². The summed E-state index contributed by atoms with van der Waals surface area (Å²) in [5.74, 6) is 0.227. The number of Topliss-reactive ketones (excluding diaryl/α,β-unsaturated/α-hetero) is 1. The van der Waals surface area contributed by atoms with E-state index in [1.165, 1.54) is 4.31 Å². The molecule has 7 saturated heterocycles. The van der Waals surface area contributed by atoms with Crippen molar-refractivity contribution in [3.05, 3.63) is 59.7 Å². The molecule has 3 spiro atoms. The van der Waals surface area contributed by atoms with E-state index >= 15 is 0 Å². The molecule has 2 aromatic carbocycles. The van der Waals surface area contributed by atoms with E-state index in [2.05, 4.69) is 17.6 Å². The number of nitrogens with zero attached hydrogens (tertiary/aromatic N) is 5. The van der Waals surface area contributed by atoms with Crippen LogP contribution in [0.3, 0.4) is 0 Å². The molecule has 7 aliphatic rings. The van der Waals surface area contributed by atoms with Crippen molar-refractivity contribution >= 4 is 44.1 Å². The van der Waals surface area contributed by atoms with Crippen molar-refractivity contribution < 1.29 is 64.4 Å². The third-order valence-electron chi connectivity index (χ3n) is 14.8. The molecule has 7 fully saturated rings. The number of aryl methyl sites for hydroxylation is 2. The summed E-state index contributed by atoms with van der Waals surface area (Å²) >= 11 is 0. The molecule has 2 N–H and O–H groups in total. The number of benzene rings is 2. The predicted octanol–water partition coefficient (Wildman–Crippen LogP) is 7.27. The van der Waals surface area contributed by atoms with Gasteiger partial charge in [0, 0.05) is 110 Å². The topological polar surface area (TPSA) is 232 Å². The molecule has 3 amide bonds. The number of ether oxygens (including phenoxy) is 6. The maximum Gasteiger partial charge on any atom is 0.410 e. The first-order valence-corrected chi connectivity index (χ1v) is 31.4. The zero-order chi connectivity index (χ0) is 58.8. The third kappa shape index (κ3) is 17.3. The number of nitrogens with one attached hydrogen (secondary N) is 2. The zero-order valence-electron chi connectivity index (χ0n) is 49.4. The van der Waals surface area contributed by atoms with Gasteiger partial charge in [-0.25, -0.2) is 31.2 Å². The van der Waals surface area contributed by atoms with E-state index in [1.807, 2.05) is 93.5 Å². The first kappa shape index (κ1) is 64.7. The van der Waals surface area contributed by atoms with Gasteiger partial charge in [0.25, 0.3) is 0 Å². The first-order chi connectivity index (χ1) is 37.4. The Morgan fingerprint density at radius 3 is 1.21 bits per heavy atom. The molecule has 0 saturated carbocycles. The number of sulfonamides is 2. The molecule has 0 bridgehead atoms. The van der Waals surface area contributed by atoms with Crippen LogP contribution >= 0.6 is 0 Å². The normalized spacial score (nSPS) is 21.4. The van der Waals surface area contributed by atoms with Crippen LogP contribution in [0.15, 0.2) is 58.3 Å². The van der Waals surface area contributed by atoms with Gasteiger partial charge in [0.15, 0.2) is 0 Å². The lowest BCUT2D eigenvalue weighted by Crippen LogP contribution is -2.56. The fourth-order valence-corrected chi connectivity index (χ4v) is 13.9. The molecule has 450 valence electrons. The van der Waals surface area contributed by atoms with E-state index in [1.54, 1.807) is 43.3 Å². The van der Waals surface area contributed by atoms with E-state index < -0.39 is 48.3 Å². The second-order valence-corrected chi connectivity index (χ2v) is 27.9. The molecule has 9 rings (SSSR count). The van der Waals surface area contributed by atoms with Crippen molar-refractivity contribution in [3.63, 3.8) is 0 Å². The Kier molecular flexibility index (Phi) is 21.7. The first-order valence-electron chi connectivity index (χ1n) is 28.5. The van der Waals surface area contributed by atoms with Crippen molar-refractivity contribution in [2.75, 3.05) is 91.8 Å². The summed E-state index contributed by atoms with van der Waals surface area (Å²) in [6.07, 6.45) is 5.73. The third-order valence-corrected chi connectivity index (χ3v) is 18.7. The molecule has 0 atom stereocenters. The van der Waals surface area contributed by atoms with Crippen LogP contribution in [0.4, 0.5) is 14.4 Å². The van der Waals surface area contributed by atoms with Gasteiger partial charge in [-0.2, -0.15) is 8.61 Å². The minimum atomic E-state index is -3.66. The Hall–Kier alpha value is -4.46. The Labute approximate surface area is 476 Å². The number of carbonyl (C=O) groups is 4. The number of rotatable bonds is 6. The zero-order valence-corrected chi connectivity index (χ0v) is 51.0. The lowest BCUT2D eigenvalue weighted by Gasteiger charge is -2.42. The van der Waals surface area contributed by atoms with E-state index in [0.29, 0.717) is 109 Å². The number of hydrogen-bond acceptors (Lipinski definition) is 16. The number of carbonyl (C=O) groups excluding carboxylic acids is 4. The van der Waals surface area contributed by atoms with Gasteiger partial charge in [-0.1, -0.05) is 38.1 Å². The lowest BCUT2D eigenvalue weighted by atomic mass is 10.0. The van der Waals surface area contributed by atoms with Crippen molar-refractivity contribution in [1.82, 2.24) is 33.9 Å². The maximum atomic E-state index is 13.3. The molecule has 7 aliphatic heterocycles. The number of likely N-dealkylation sites (tertiary alicyclic amines) is 3. The number of hydrogen-bond donors (Lipinski definition) is 2. The van der Waals surface area contributed by atoms with Crippen molar-refractivity contribution in [1.29, 1.82) is 0 Å². The van der Waals surface area contributed by atoms with Gasteiger partial charge in [-0.05, 0) is 124 Å². The number of amides is 3. The highest BCUT2D eigenvalue weighted by Crippen LogP contribution is 2.40. The van der Waals surface area contributed by atoms with Gasteiger partial charge in [0.05, 0.1) is 29.6 Å². The molecule has 80 heavy (non-hydrogen) atoms. The minimum absolute atomic E-state index is 0.182. The van der Waals surface area contributed by atoms with Crippen LogP contribution in [0.5, 0.6) is 0 Å². The van der Waals surface area contributed by atoms with Crippen LogP contribution in [-0.2, 0) is 66.1 Å². The molecular weight excluding hydrogens is 1070 g/mol. The van der Waals surface area contributed by atoms with E-state index in [0.717, 1.165) is 63.1 Å². The van der Waals surface area contributed by atoms with Crippen LogP contribution in [0, 0.1) is 0 Å². The van der Waals surface area contributed by atoms with Gasteiger partial charge >= 0.3 is 18.3 Å². The van der Waals surface area contributed by atoms with Crippen molar-refractivity contribution in [2.24, 2.45) is 0 Å². The maximum absolute atomic E-state index is 13.3. The molecule has 21 nitrogen and oxygen atoms in total. The fraction of sp³-hybridized carbons (Fsp3) is 0.719. The van der Waals surface area contributed by atoms with Crippen LogP contribution in [0.2, 0.25) is 0 Å². The Bertz CT molecular complexity index is 2600. The smallest absolute Gasteiger partial charge is 0.410 e. The highest BCUT2D eigenvalue weighted by atomic mass is 32.2. The second-order valence-electron chi connectivity index (χ2n) is 24.2. The largest absolute Gasteiger partial charge is 0.444 e. The van der Waals surface area contributed by atoms with Gasteiger partial charge < -0.3 is 48.4 Å². The highest BCUT2D eigenvalue weighted by molar-refractivity contribution is 7.89. The summed E-state index contributed by atoms with van der Waals surface area (Å²) in [6, 6.07) is 14.2. The standard InChI is InChI=1S/C20H30N2O5S.C15H22N2O3S.C12H22N2O3.C10H17NO3/c1-5-16-6-8-17(9-7-16)28(24,25)22-14-15-26-20(22)10-12-21(13-11-20)18(23)27-19(2,3)4;1-2-13-3-5-14(6-4-13)21(18,19)17-11-12-20-15(17)7-9-16-10-8-15;1-11(2,3)17-10(15)14-7-4-12(5-8-14)13-6-9-16-12;1-10(2,3)14-9(13)11-6-4-8(12)5-7-11/h6-9H,5,10-15H2,1-4H3;3-6,16H,2,7-12H2,1H3;13H,4-9H2,1-3H3;4-7H2,1-3H3. The monoisotopic (exact) mass is 1160 g/mol. The quantitative estimate of drug-likeness (QED) is 0.271. The van der Waals surface area contributed by atoms with Crippen LogP contribution in [0.1, 0.15) is 139 Å². The van der Waals surface area contributed by atoms with Gasteiger partial charge in [-0.15, -0.1) is 0 Å². The van der Waals surface area contributed by atoms with E-state index in [9.17, 15) is 36.0 Å². The molecule has 0 aliphatic carbocycles. The predicted molar refractivity (Wildman–Crippen MR) is 302 cm³/mol. The van der Waals surface area contributed by atoms with Crippen molar-refractivity contribution in [3.8, 4) is 0 Å². The van der Waals surface area contributed by atoms with Gasteiger partial charge in [0.1, 0.15) is 39.8 Å². The van der Waals surface area contributed by atoms with E-state index in [-0.39, 0.29) is 34.7 Å². The van der Waals surface area contributed by atoms with Crippen LogP contribution in [-0.4, -0.2) is 190 Å². The summed E-state index contributed by atoms with van der Waals surface area (Å²) in [7, 11) is -7.16. The minimum Gasteiger partial charge on any atom is -0.444 e. The summed E-state index contributed by atoms with van der Waals surface area (Å²) < 4.78 is 88.9. The highest BCUT2D eigenvalue weighted by Gasteiger charge is 2.52. The molecule has 0 unspecified atom stereocenters. The summed E-state index contributed by atoms with van der Waals surface area (Å²) in [5, 5.41) is 6.64. The SMILES string of the molecule is CC(C)(C)OC(=O)N1CCC(=O)CC1.CC(C)(C)OC(=O)N1CCC2(CC1)NCCO2.CCc1ccc(S(=O)(=O)N2CCOC23CCN(C(=O)OC(C)(C)C)CC3)cc1.CCc1ccc(S(=O)(=O)N2CCOC23CCNCC3)cc1. The summed E-state index contributed by atoms with van der Waals surface area (Å²) in [4.78, 5) is 52.2. The Morgan fingerprint density at radius 1 is 0.500 bits per heavy atom. The molecule has 0 aromatic heterocycles. The average molecular weight is 1160 g/mol. The van der Waals surface area contributed by atoms with Crippen LogP contribution < -0.4 is 10.6 Å². The number of piperidine rings is 4. The molecule has 2 aromatic rings.